The molecule has 1 fully saturated rings. The van der Waals surface area contributed by atoms with Crippen LogP contribution < -0.4 is 14.6 Å². The summed E-state index contributed by atoms with van der Waals surface area (Å²) in [7, 11) is 1.53. The fourth-order valence-electron chi connectivity index (χ4n) is 3.10. The van der Waals surface area contributed by atoms with E-state index in [2.05, 4.69) is 10.3 Å². The van der Waals surface area contributed by atoms with Crippen molar-refractivity contribution >= 4 is 23.2 Å². The largest absolute Gasteiger partial charge is 0.497 e. The Balaban J connectivity index is 1.70. The molecule has 2 aliphatic heterocycles. The molecule has 0 bridgehead atoms. The van der Waals surface area contributed by atoms with E-state index >= 15 is 0 Å². The Morgan fingerprint density at radius 1 is 1.08 bits per heavy atom. The van der Waals surface area contributed by atoms with Gasteiger partial charge in [0, 0.05) is 6.07 Å². The van der Waals surface area contributed by atoms with Crippen LogP contribution in [-0.2, 0) is 9.59 Å². The second-order valence-corrected chi connectivity index (χ2v) is 6.09. The molecule has 0 unspecified atom stereocenters. The van der Waals surface area contributed by atoms with Crippen LogP contribution in [0.4, 0.5) is 15.8 Å². The first kappa shape index (κ1) is 16.2. The average molecular weight is 354 g/mol. The second kappa shape index (κ2) is 5.91. The van der Waals surface area contributed by atoms with Gasteiger partial charge in [-0.3, -0.25) is 9.59 Å². The van der Waals surface area contributed by atoms with E-state index in [0.29, 0.717) is 17.0 Å². The molecule has 0 radical (unpaired) electrons. The van der Waals surface area contributed by atoms with E-state index in [0.717, 1.165) is 4.90 Å². The fourth-order valence-corrected chi connectivity index (χ4v) is 3.10. The molecule has 0 spiro atoms. The lowest BCUT2D eigenvalue weighted by Gasteiger charge is -2.21. The van der Waals surface area contributed by atoms with E-state index in [-0.39, 0.29) is 5.69 Å². The Labute approximate surface area is 148 Å². The number of carbonyl (C=O) groups excluding carboxylic acids is 2. The molecule has 7 nitrogen and oxygen atoms in total. The number of imide groups is 1. The maximum Gasteiger partial charge on any atom is 0.263 e. The minimum Gasteiger partial charge on any atom is -0.497 e. The maximum atomic E-state index is 13.9. The fraction of sp³-hybridized carbons (Fsp3) is 0.222. The first-order chi connectivity index (χ1) is 12.5. The van der Waals surface area contributed by atoms with Gasteiger partial charge in [-0.05, 0) is 36.8 Å². The Morgan fingerprint density at radius 3 is 2.62 bits per heavy atom. The summed E-state index contributed by atoms with van der Waals surface area (Å²) in [5.74, 6) is -0.893. The summed E-state index contributed by atoms with van der Waals surface area (Å²) < 4.78 is 19.1. The molecule has 0 aromatic heterocycles. The molecular weight excluding hydrogens is 339 g/mol. The molecule has 2 atom stereocenters. The van der Waals surface area contributed by atoms with Crippen LogP contribution in [0.25, 0.3) is 0 Å². The predicted octanol–water partition coefficient (Wildman–Crippen LogP) is 2.64. The van der Waals surface area contributed by atoms with Crippen molar-refractivity contribution in [3.8, 4) is 5.75 Å². The topological polar surface area (TPSA) is 74.6 Å². The standard InChI is InChI=1S/C18H15FN4O3/c1-10-6-7-11(9-14(10)19)22-17(24)15-16(18(22)25)23(21-20-15)12-4-3-5-13(8-12)26-2/h3-9,15-16H,1-2H3/t15-,16-/m1/s1. The van der Waals surface area contributed by atoms with Crippen LogP contribution in [0, 0.1) is 12.7 Å². The number of rotatable bonds is 3. The first-order valence-electron chi connectivity index (χ1n) is 7.99. The quantitative estimate of drug-likeness (QED) is 0.794. The molecule has 8 heteroatoms. The van der Waals surface area contributed by atoms with E-state index in [1.165, 1.54) is 24.3 Å². The summed E-state index contributed by atoms with van der Waals surface area (Å²) in [6.07, 6.45) is 0. The Kier molecular flexibility index (Phi) is 3.68. The second-order valence-electron chi connectivity index (χ2n) is 6.09. The number of hydrogen-bond donors (Lipinski definition) is 0. The van der Waals surface area contributed by atoms with Crippen molar-refractivity contribution in [1.29, 1.82) is 0 Å². The third kappa shape index (κ3) is 2.33. The maximum absolute atomic E-state index is 13.9. The van der Waals surface area contributed by atoms with Crippen molar-refractivity contribution in [1.82, 2.24) is 0 Å². The third-order valence-electron chi connectivity index (χ3n) is 4.51. The van der Waals surface area contributed by atoms with Crippen molar-refractivity contribution in [3.05, 3.63) is 53.8 Å². The first-order valence-corrected chi connectivity index (χ1v) is 7.99. The minimum atomic E-state index is -0.946. The molecule has 0 saturated carbocycles. The molecule has 0 N–H and O–H groups in total. The van der Waals surface area contributed by atoms with Crippen molar-refractivity contribution in [2.45, 2.75) is 19.0 Å². The summed E-state index contributed by atoms with van der Waals surface area (Å²) in [6.45, 7) is 1.61. The summed E-state index contributed by atoms with van der Waals surface area (Å²) in [4.78, 5) is 26.6. The number of halogens is 1. The highest BCUT2D eigenvalue weighted by Gasteiger charge is 2.55. The van der Waals surface area contributed by atoms with Crippen LogP contribution in [0.2, 0.25) is 0 Å². The molecule has 0 aliphatic carbocycles. The Bertz CT molecular complexity index is 946. The number of ether oxygens (including phenoxy) is 1. The highest BCUT2D eigenvalue weighted by molar-refractivity contribution is 6.26. The van der Waals surface area contributed by atoms with E-state index in [1.807, 2.05) is 0 Å². The number of nitrogens with zero attached hydrogens (tertiary/aromatic N) is 4. The molecule has 132 valence electrons. The van der Waals surface area contributed by atoms with E-state index in [1.54, 1.807) is 37.3 Å². The molecule has 26 heavy (non-hydrogen) atoms. The summed E-state index contributed by atoms with van der Waals surface area (Å²) in [6, 6.07) is 9.38. The van der Waals surface area contributed by atoms with Gasteiger partial charge in [-0.15, -0.1) is 0 Å². The SMILES string of the molecule is COc1cccc(N2N=N[C@H]3C(=O)N(c4ccc(C)c(F)c4)C(=O)[C@@H]32)c1. The van der Waals surface area contributed by atoms with Crippen molar-refractivity contribution in [2.75, 3.05) is 17.0 Å². The summed E-state index contributed by atoms with van der Waals surface area (Å²) in [5.41, 5.74) is 1.21. The zero-order chi connectivity index (χ0) is 18.4. The molecule has 2 amide bonds. The van der Waals surface area contributed by atoms with Gasteiger partial charge in [0.1, 0.15) is 11.6 Å². The van der Waals surface area contributed by atoms with Gasteiger partial charge in [0.25, 0.3) is 11.8 Å². The molecule has 2 heterocycles. The lowest BCUT2D eigenvalue weighted by molar-refractivity contribution is -0.121. The lowest BCUT2D eigenvalue weighted by atomic mass is 10.1. The highest BCUT2D eigenvalue weighted by atomic mass is 19.1. The van der Waals surface area contributed by atoms with Crippen molar-refractivity contribution in [3.63, 3.8) is 0 Å². The van der Waals surface area contributed by atoms with Crippen LogP contribution in [0.1, 0.15) is 5.56 Å². The third-order valence-corrected chi connectivity index (χ3v) is 4.51. The number of benzene rings is 2. The average Bonchev–Trinajstić information content (AvgIpc) is 3.18. The lowest BCUT2D eigenvalue weighted by Crippen LogP contribution is -2.39. The summed E-state index contributed by atoms with van der Waals surface area (Å²) in [5, 5.41) is 9.35. The normalized spacial score (nSPS) is 21.5. The van der Waals surface area contributed by atoms with Crippen LogP contribution >= 0.6 is 0 Å². The molecule has 2 aromatic rings. The zero-order valence-corrected chi connectivity index (χ0v) is 14.1. The number of methoxy groups -OCH3 is 1. The van der Waals surface area contributed by atoms with Crippen LogP contribution in [0.3, 0.4) is 0 Å². The predicted molar refractivity (Wildman–Crippen MR) is 91.5 cm³/mol. The molecule has 2 aromatic carbocycles. The Hall–Kier alpha value is -3.29. The number of aryl methyl sites for hydroxylation is 1. The van der Waals surface area contributed by atoms with Crippen LogP contribution in [0.5, 0.6) is 5.75 Å². The van der Waals surface area contributed by atoms with E-state index in [4.69, 9.17) is 4.74 Å². The number of anilines is 2. The van der Waals surface area contributed by atoms with Gasteiger partial charge >= 0.3 is 0 Å². The van der Waals surface area contributed by atoms with Gasteiger partial charge in [0.15, 0.2) is 12.1 Å². The monoisotopic (exact) mass is 354 g/mol. The van der Waals surface area contributed by atoms with Crippen LogP contribution in [-0.4, -0.2) is 31.0 Å². The number of amides is 2. The Morgan fingerprint density at radius 2 is 1.88 bits per heavy atom. The van der Waals surface area contributed by atoms with Crippen LogP contribution in [0.15, 0.2) is 52.8 Å². The highest BCUT2D eigenvalue weighted by Crippen LogP contribution is 2.36. The van der Waals surface area contributed by atoms with Gasteiger partial charge in [0.2, 0.25) is 0 Å². The van der Waals surface area contributed by atoms with Gasteiger partial charge in [-0.25, -0.2) is 14.3 Å². The number of fused-ring (bicyclic) bond motifs is 1. The van der Waals surface area contributed by atoms with Gasteiger partial charge in [-0.2, -0.15) is 5.11 Å². The van der Waals surface area contributed by atoms with Crippen molar-refractivity contribution in [2.24, 2.45) is 10.3 Å². The minimum absolute atomic E-state index is 0.193. The molecule has 2 aliphatic rings. The zero-order valence-electron chi connectivity index (χ0n) is 14.1. The van der Waals surface area contributed by atoms with Gasteiger partial charge in [0.05, 0.1) is 18.5 Å². The molecular formula is C18H15FN4O3. The van der Waals surface area contributed by atoms with E-state index in [9.17, 15) is 14.0 Å². The van der Waals surface area contributed by atoms with Crippen molar-refractivity contribution < 1.29 is 18.7 Å². The molecule has 1 saturated heterocycles. The molecule has 4 rings (SSSR count). The van der Waals surface area contributed by atoms with Gasteiger partial charge < -0.3 is 4.74 Å². The number of carbonyl (C=O) groups is 2. The van der Waals surface area contributed by atoms with Gasteiger partial charge in [-0.1, -0.05) is 17.4 Å². The number of hydrogen-bond acceptors (Lipinski definition) is 6. The summed E-state index contributed by atoms with van der Waals surface area (Å²) >= 11 is 0. The smallest absolute Gasteiger partial charge is 0.263 e. The van der Waals surface area contributed by atoms with E-state index < -0.39 is 29.7 Å².